The van der Waals surface area contributed by atoms with Gasteiger partial charge in [-0.2, -0.15) is 0 Å². The van der Waals surface area contributed by atoms with Crippen molar-refractivity contribution in [3.8, 4) is 0 Å². The maximum Gasteiger partial charge on any atom is 0.161 e. The van der Waals surface area contributed by atoms with Crippen molar-refractivity contribution in [2.45, 2.75) is 32.2 Å². The molecule has 0 N–H and O–H groups in total. The zero-order chi connectivity index (χ0) is 8.84. The van der Waals surface area contributed by atoms with Gasteiger partial charge in [-0.1, -0.05) is 6.92 Å². The molecule has 0 amide bonds. The lowest BCUT2D eigenvalue weighted by atomic mass is 9.86. The maximum absolute atomic E-state index is 5.85. The molecule has 0 bridgehead atoms. The lowest BCUT2D eigenvalue weighted by Crippen LogP contribution is -2.27. The largest absolute Gasteiger partial charge is 0.352 e. The van der Waals surface area contributed by atoms with Gasteiger partial charge in [-0.25, -0.2) is 0 Å². The van der Waals surface area contributed by atoms with Gasteiger partial charge in [-0.3, -0.25) is 0 Å². The van der Waals surface area contributed by atoms with Crippen molar-refractivity contribution < 1.29 is 9.47 Å². The zero-order valence-corrected chi connectivity index (χ0v) is 7.82. The lowest BCUT2D eigenvalue weighted by molar-refractivity contribution is -0.161. The van der Waals surface area contributed by atoms with Crippen LogP contribution in [0.25, 0.3) is 0 Å². The predicted molar refractivity (Wildman–Crippen MR) is 48.1 cm³/mol. The highest BCUT2D eigenvalue weighted by Crippen LogP contribution is 2.42. The summed E-state index contributed by atoms with van der Waals surface area (Å²) in [5.74, 6) is 1.22. The molecule has 3 rings (SSSR count). The zero-order valence-electron chi connectivity index (χ0n) is 7.82. The van der Waals surface area contributed by atoms with Crippen LogP contribution in [0.2, 0.25) is 0 Å². The Kier molecular flexibility index (Phi) is 1.63. The van der Waals surface area contributed by atoms with E-state index in [1.165, 1.54) is 18.4 Å². The van der Waals surface area contributed by atoms with Gasteiger partial charge in [0.15, 0.2) is 6.29 Å². The fraction of sp³-hybridized carbons (Fsp3) is 0.727. The van der Waals surface area contributed by atoms with Crippen LogP contribution >= 0.6 is 0 Å². The van der Waals surface area contributed by atoms with E-state index in [1.54, 1.807) is 0 Å². The van der Waals surface area contributed by atoms with E-state index in [9.17, 15) is 0 Å². The second kappa shape index (κ2) is 2.71. The third-order valence-corrected chi connectivity index (χ3v) is 3.36. The van der Waals surface area contributed by atoms with Crippen molar-refractivity contribution in [1.29, 1.82) is 0 Å². The Labute approximate surface area is 78.2 Å². The monoisotopic (exact) mass is 178 g/mol. The normalized spacial score (nSPS) is 47.3. The van der Waals surface area contributed by atoms with Gasteiger partial charge in [0, 0.05) is 18.1 Å². The minimum absolute atomic E-state index is 0.0667. The number of hydrogen-bond donors (Lipinski definition) is 0. The van der Waals surface area contributed by atoms with Crippen LogP contribution in [0.15, 0.2) is 17.4 Å². The van der Waals surface area contributed by atoms with Crippen LogP contribution in [-0.4, -0.2) is 19.0 Å². The van der Waals surface area contributed by atoms with Crippen LogP contribution in [0.4, 0.5) is 0 Å². The van der Waals surface area contributed by atoms with Crippen LogP contribution in [-0.2, 0) is 9.47 Å². The minimum atomic E-state index is 0.0667. The van der Waals surface area contributed by atoms with Crippen LogP contribution in [0.5, 0.6) is 0 Å². The molecule has 2 aliphatic heterocycles. The van der Waals surface area contributed by atoms with E-state index in [2.05, 4.69) is 12.7 Å². The first-order chi connectivity index (χ1) is 6.36. The van der Waals surface area contributed by atoms with Gasteiger partial charge in [-0.15, -0.1) is 5.73 Å². The number of hydrogen-bond acceptors (Lipinski definition) is 2. The third kappa shape index (κ3) is 1.18. The first-order valence-electron chi connectivity index (χ1n) is 5.10. The Morgan fingerprint density at radius 3 is 3.08 bits per heavy atom. The average Bonchev–Trinajstić information content (AvgIpc) is 2.94. The lowest BCUT2D eigenvalue weighted by Gasteiger charge is -2.25. The van der Waals surface area contributed by atoms with Crippen molar-refractivity contribution in [3.05, 3.63) is 17.4 Å². The molecule has 2 heteroatoms. The summed E-state index contributed by atoms with van der Waals surface area (Å²) in [5.41, 5.74) is 4.38. The Morgan fingerprint density at radius 1 is 1.54 bits per heavy atom. The van der Waals surface area contributed by atoms with Gasteiger partial charge >= 0.3 is 0 Å². The van der Waals surface area contributed by atoms with Gasteiger partial charge in [0.25, 0.3) is 0 Å². The third-order valence-electron chi connectivity index (χ3n) is 3.36. The fourth-order valence-electron chi connectivity index (χ4n) is 2.48. The average molecular weight is 178 g/mol. The van der Waals surface area contributed by atoms with E-state index in [0.717, 1.165) is 6.61 Å². The Balaban J connectivity index is 1.77. The van der Waals surface area contributed by atoms with Crippen LogP contribution < -0.4 is 0 Å². The molecule has 2 nitrogen and oxygen atoms in total. The highest BCUT2D eigenvalue weighted by Gasteiger charge is 2.45. The fourth-order valence-corrected chi connectivity index (χ4v) is 2.48. The van der Waals surface area contributed by atoms with E-state index in [4.69, 9.17) is 9.47 Å². The predicted octanol–water partition coefficient (Wildman–Crippen LogP) is 1.87. The number of ether oxygens (including phenoxy) is 2. The molecule has 2 saturated heterocycles. The summed E-state index contributed by atoms with van der Waals surface area (Å²) in [5, 5.41) is 0. The van der Waals surface area contributed by atoms with Gasteiger partial charge in [0.1, 0.15) is 0 Å². The second-order valence-electron chi connectivity index (χ2n) is 4.21. The Bertz CT molecular complexity index is 288. The molecule has 2 fully saturated rings. The molecule has 4 atom stereocenters. The van der Waals surface area contributed by atoms with Gasteiger partial charge in [0.05, 0.1) is 6.10 Å². The molecule has 0 radical (unpaired) electrons. The Hall–Kier alpha value is -0.560. The summed E-state index contributed by atoms with van der Waals surface area (Å²) in [6.07, 6.45) is 4.81. The van der Waals surface area contributed by atoms with Gasteiger partial charge in [0.2, 0.25) is 0 Å². The van der Waals surface area contributed by atoms with Crippen molar-refractivity contribution in [3.63, 3.8) is 0 Å². The van der Waals surface area contributed by atoms with Crippen molar-refractivity contribution in [1.82, 2.24) is 0 Å². The molecule has 0 aromatic carbocycles. The summed E-state index contributed by atoms with van der Waals surface area (Å²) in [7, 11) is 0. The van der Waals surface area contributed by atoms with Crippen LogP contribution in [0, 0.1) is 11.8 Å². The molecular formula is C11H14O2. The smallest absolute Gasteiger partial charge is 0.161 e. The van der Waals surface area contributed by atoms with E-state index < -0.39 is 0 Å². The van der Waals surface area contributed by atoms with Crippen LogP contribution in [0.1, 0.15) is 19.8 Å². The van der Waals surface area contributed by atoms with Crippen LogP contribution in [0.3, 0.4) is 0 Å². The van der Waals surface area contributed by atoms with Gasteiger partial charge < -0.3 is 9.47 Å². The van der Waals surface area contributed by atoms with E-state index in [1.807, 2.05) is 6.08 Å². The Morgan fingerprint density at radius 2 is 2.38 bits per heavy atom. The molecule has 3 aliphatic rings. The molecule has 0 aromatic rings. The molecule has 0 saturated carbocycles. The summed E-state index contributed by atoms with van der Waals surface area (Å²) in [6, 6.07) is 0. The molecule has 0 spiro atoms. The topological polar surface area (TPSA) is 18.5 Å². The summed E-state index contributed by atoms with van der Waals surface area (Å²) in [6.45, 7) is 3.14. The molecule has 13 heavy (non-hydrogen) atoms. The van der Waals surface area contributed by atoms with Gasteiger partial charge in [-0.05, 0) is 24.8 Å². The highest BCUT2D eigenvalue weighted by molar-refractivity contribution is 5.36. The van der Waals surface area contributed by atoms with Crippen molar-refractivity contribution >= 4 is 0 Å². The van der Waals surface area contributed by atoms with Crippen molar-refractivity contribution in [2.24, 2.45) is 11.8 Å². The highest BCUT2D eigenvalue weighted by atomic mass is 16.7. The molecule has 2 unspecified atom stereocenters. The summed E-state index contributed by atoms with van der Waals surface area (Å²) >= 11 is 0. The summed E-state index contributed by atoms with van der Waals surface area (Å²) in [4.78, 5) is 0. The number of rotatable bonds is 1. The maximum atomic E-state index is 5.85. The minimum Gasteiger partial charge on any atom is -0.352 e. The molecule has 70 valence electrons. The molecular weight excluding hydrogens is 164 g/mol. The molecule has 0 aromatic heterocycles. The standard InChI is InChI=1S/C11H14O2/c1-7-9-3-2-6-12-11(9)13-10(7)8-4-5-8/h4,7,9-11H,2-3,6H2,1H3/t7?,9-,10?,11+/m0/s1. The SMILES string of the molecule is CC1C(C2=C=C2)O[C@H]2OCCC[C@@H]12. The number of fused-ring (bicyclic) bond motifs is 1. The second-order valence-corrected chi connectivity index (χ2v) is 4.21. The first-order valence-corrected chi connectivity index (χ1v) is 5.10. The molecule has 2 heterocycles. The molecule has 1 aliphatic carbocycles. The van der Waals surface area contributed by atoms with E-state index >= 15 is 0 Å². The first kappa shape index (κ1) is 7.81. The van der Waals surface area contributed by atoms with E-state index in [-0.39, 0.29) is 12.4 Å². The quantitative estimate of drug-likeness (QED) is 0.571. The van der Waals surface area contributed by atoms with E-state index in [0.29, 0.717) is 11.8 Å². The summed E-state index contributed by atoms with van der Waals surface area (Å²) < 4.78 is 11.5. The van der Waals surface area contributed by atoms with Crippen molar-refractivity contribution in [2.75, 3.05) is 6.61 Å².